The van der Waals surface area contributed by atoms with Gasteiger partial charge in [0, 0.05) is 34.9 Å². The second-order valence-electron chi connectivity index (χ2n) is 9.08. The molecule has 0 saturated carbocycles. The van der Waals surface area contributed by atoms with E-state index in [2.05, 4.69) is 15.2 Å². The summed E-state index contributed by atoms with van der Waals surface area (Å²) in [5, 5.41) is 4.06. The van der Waals surface area contributed by atoms with Gasteiger partial charge >= 0.3 is 0 Å². The first-order valence-corrected chi connectivity index (χ1v) is 11.6. The maximum absolute atomic E-state index is 13.0. The van der Waals surface area contributed by atoms with Crippen molar-refractivity contribution in [2.75, 3.05) is 4.90 Å². The molecule has 1 N–H and O–H groups in total. The van der Waals surface area contributed by atoms with Gasteiger partial charge in [-0.1, -0.05) is 23.2 Å². The predicted molar refractivity (Wildman–Crippen MR) is 126 cm³/mol. The van der Waals surface area contributed by atoms with Crippen LogP contribution in [0.1, 0.15) is 56.8 Å². The Bertz CT molecular complexity index is 1010. The van der Waals surface area contributed by atoms with E-state index in [0.717, 1.165) is 31.5 Å². The molecule has 4 rings (SSSR count). The third kappa shape index (κ3) is 4.71. The van der Waals surface area contributed by atoms with Crippen molar-refractivity contribution in [2.45, 2.75) is 70.2 Å². The molecule has 2 aromatic rings. The molecule has 0 radical (unpaired) electrons. The van der Waals surface area contributed by atoms with Gasteiger partial charge in [-0.2, -0.15) is 0 Å². The number of carbonyl (C=O) groups is 2. The molecule has 1 aromatic carbocycles. The van der Waals surface area contributed by atoms with E-state index >= 15 is 0 Å². The summed E-state index contributed by atoms with van der Waals surface area (Å²) in [5.74, 6) is 1.16. The van der Waals surface area contributed by atoms with Crippen LogP contribution in [0.5, 0.6) is 5.75 Å². The SMILES string of the molecule is CC(=O)c1ccc(N2[C@@H]3CC[C@H]2C[C@@H](NC(=O)C(C)(C)Oc2ccc(Cl)cc2Cl)C3)nc1. The number of hydrogen-bond acceptors (Lipinski definition) is 5. The van der Waals surface area contributed by atoms with Crippen LogP contribution in [0, 0.1) is 0 Å². The highest BCUT2D eigenvalue weighted by atomic mass is 35.5. The molecule has 3 heterocycles. The summed E-state index contributed by atoms with van der Waals surface area (Å²) in [7, 11) is 0. The highest BCUT2D eigenvalue weighted by Gasteiger charge is 2.43. The summed E-state index contributed by atoms with van der Waals surface area (Å²) in [6.45, 7) is 5.01. The number of amides is 1. The topological polar surface area (TPSA) is 71.5 Å². The van der Waals surface area contributed by atoms with Gasteiger partial charge < -0.3 is 15.0 Å². The maximum atomic E-state index is 13.0. The molecule has 3 atom stereocenters. The Morgan fingerprint density at radius 3 is 2.38 bits per heavy atom. The van der Waals surface area contributed by atoms with E-state index in [1.165, 1.54) is 0 Å². The molecular formula is C24H27Cl2N3O3. The van der Waals surface area contributed by atoms with Crippen LogP contribution in [0.15, 0.2) is 36.5 Å². The second-order valence-corrected chi connectivity index (χ2v) is 9.93. The van der Waals surface area contributed by atoms with Gasteiger partial charge in [0.15, 0.2) is 11.4 Å². The molecule has 8 heteroatoms. The van der Waals surface area contributed by atoms with E-state index < -0.39 is 5.60 Å². The average molecular weight is 476 g/mol. The van der Waals surface area contributed by atoms with Crippen molar-refractivity contribution in [2.24, 2.45) is 0 Å². The third-order valence-corrected chi connectivity index (χ3v) is 6.82. The van der Waals surface area contributed by atoms with E-state index in [4.69, 9.17) is 27.9 Å². The van der Waals surface area contributed by atoms with Crippen LogP contribution < -0.4 is 15.0 Å². The lowest BCUT2D eigenvalue weighted by atomic mass is 9.96. The smallest absolute Gasteiger partial charge is 0.263 e. The van der Waals surface area contributed by atoms with E-state index in [1.807, 2.05) is 12.1 Å². The number of nitrogens with zero attached hydrogens (tertiary/aromatic N) is 2. The number of carbonyl (C=O) groups excluding carboxylic acids is 2. The Morgan fingerprint density at radius 1 is 1.12 bits per heavy atom. The summed E-state index contributed by atoms with van der Waals surface area (Å²) in [6, 6.07) is 9.39. The van der Waals surface area contributed by atoms with Gasteiger partial charge in [-0.25, -0.2) is 4.98 Å². The van der Waals surface area contributed by atoms with Gasteiger partial charge in [-0.05, 0) is 76.8 Å². The fraction of sp³-hybridized carbons (Fsp3) is 0.458. The molecule has 2 bridgehead atoms. The first kappa shape index (κ1) is 22.9. The number of anilines is 1. The molecule has 1 amide bonds. The van der Waals surface area contributed by atoms with Crippen LogP contribution in [0.4, 0.5) is 5.82 Å². The Hall–Kier alpha value is -2.31. The van der Waals surface area contributed by atoms with Crippen molar-refractivity contribution in [3.8, 4) is 5.75 Å². The van der Waals surface area contributed by atoms with Crippen molar-refractivity contribution >= 4 is 40.7 Å². The van der Waals surface area contributed by atoms with Crippen LogP contribution in [-0.2, 0) is 4.79 Å². The number of nitrogens with one attached hydrogen (secondary N) is 1. The number of Topliss-reactive ketones (excluding diaryl/α,β-unsaturated/α-hetero) is 1. The fourth-order valence-electron chi connectivity index (χ4n) is 4.65. The van der Waals surface area contributed by atoms with Crippen molar-refractivity contribution in [3.63, 3.8) is 0 Å². The van der Waals surface area contributed by atoms with Crippen LogP contribution in [0.3, 0.4) is 0 Å². The van der Waals surface area contributed by atoms with E-state index in [9.17, 15) is 9.59 Å². The van der Waals surface area contributed by atoms with Crippen LogP contribution in [0.25, 0.3) is 0 Å². The Balaban J connectivity index is 1.40. The Morgan fingerprint density at radius 2 is 1.81 bits per heavy atom. The molecule has 2 saturated heterocycles. The highest BCUT2D eigenvalue weighted by molar-refractivity contribution is 6.35. The van der Waals surface area contributed by atoms with Crippen molar-refractivity contribution in [1.29, 1.82) is 0 Å². The standard InChI is InChI=1S/C24H27Cl2N3O3/c1-14(30)15-4-9-22(27-13-15)29-18-6-7-19(29)12-17(11-18)28-23(31)24(2,3)32-21-8-5-16(25)10-20(21)26/h4-5,8-10,13,17-19H,6-7,11-12H2,1-3H3,(H,28,31)/t17-,18+,19-. The number of hydrogen-bond donors (Lipinski definition) is 1. The zero-order valence-electron chi connectivity index (χ0n) is 18.4. The zero-order valence-corrected chi connectivity index (χ0v) is 19.9. The van der Waals surface area contributed by atoms with Gasteiger partial charge in [0.25, 0.3) is 5.91 Å². The number of ether oxygens (including phenoxy) is 1. The number of rotatable bonds is 6. The second kappa shape index (κ2) is 8.91. The summed E-state index contributed by atoms with van der Waals surface area (Å²) in [6.07, 6.45) is 5.46. The van der Waals surface area contributed by atoms with Gasteiger partial charge in [-0.15, -0.1) is 0 Å². The average Bonchev–Trinajstić information content (AvgIpc) is 3.00. The molecule has 0 aliphatic carbocycles. The summed E-state index contributed by atoms with van der Waals surface area (Å²) in [4.78, 5) is 31.4. The quantitative estimate of drug-likeness (QED) is 0.590. The summed E-state index contributed by atoms with van der Waals surface area (Å²) in [5.41, 5.74) is -0.469. The van der Waals surface area contributed by atoms with Gasteiger partial charge in [0.2, 0.25) is 0 Å². The Kier molecular flexibility index (Phi) is 6.37. The highest BCUT2D eigenvalue weighted by Crippen LogP contribution is 2.39. The third-order valence-electron chi connectivity index (χ3n) is 6.29. The van der Waals surface area contributed by atoms with Crippen molar-refractivity contribution in [3.05, 3.63) is 52.1 Å². The molecule has 2 aliphatic rings. The molecule has 2 aliphatic heterocycles. The summed E-state index contributed by atoms with van der Waals surface area (Å²) < 4.78 is 5.93. The first-order valence-electron chi connectivity index (χ1n) is 10.8. The molecule has 0 spiro atoms. The fourth-order valence-corrected chi connectivity index (χ4v) is 5.10. The Labute approximate surface area is 198 Å². The number of benzene rings is 1. The molecule has 0 unspecified atom stereocenters. The molecule has 1 aromatic heterocycles. The lowest BCUT2D eigenvalue weighted by molar-refractivity contribution is -0.135. The number of fused-ring (bicyclic) bond motifs is 2. The molecule has 6 nitrogen and oxygen atoms in total. The lowest BCUT2D eigenvalue weighted by Crippen LogP contribution is -2.55. The first-order chi connectivity index (χ1) is 15.1. The minimum Gasteiger partial charge on any atom is -0.476 e. The summed E-state index contributed by atoms with van der Waals surface area (Å²) >= 11 is 12.2. The van der Waals surface area contributed by atoms with E-state index in [0.29, 0.717) is 33.4 Å². The number of ketones is 1. The molecular weight excluding hydrogens is 449 g/mol. The van der Waals surface area contributed by atoms with Gasteiger partial charge in [0.05, 0.1) is 5.02 Å². The molecule has 32 heavy (non-hydrogen) atoms. The number of piperidine rings is 1. The van der Waals surface area contributed by atoms with Gasteiger partial charge in [0.1, 0.15) is 11.6 Å². The number of pyridine rings is 1. The van der Waals surface area contributed by atoms with Crippen LogP contribution >= 0.6 is 23.2 Å². The largest absolute Gasteiger partial charge is 0.476 e. The molecule has 2 fully saturated rings. The van der Waals surface area contributed by atoms with Gasteiger partial charge in [-0.3, -0.25) is 9.59 Å². The maximum Gasteiger partial charge on any atom is 0.263 e. The number of aromatic nitrogens is 1. The van der Waals surface area contributed by atoms with Crippen LogP contribution in [0.2, 0.25) is 10.0 Å². The van der Waals surface area contributed by atoms with Crippen molar-refractivity contribution < 1.29 is 14.3 Å². The van der Waals surface area contributed by atoms with Crippen molar-refractivity contribution in [1.82, 2.24) is 10.3 Å². The minimum absolute atomic E-state index is 0.0122. The lowest BCUT2D eigenvalue weighted by Gasteiger charge is -2.40. The monoisotopic (exact) mass is 475 g/mol. The molecule has 170 valence electrons. The normalized spacial score (nSPS) is 22.5. The van der Waals surface area contributed by atoms with Crippen LogP contribution in [-0.4, -0.2) is 40.4 Å². The minimum atomic E-state index is -1.09. The van der Waals surface area contributed by atoms with E-state index in [-0.39, 0.29) is 17.7 Å². The predicted octanol–water partition coefficient (Wildman–Crippen LogP) is 5.06. The zero-order chi connectivity index (χ0) is 23.0. The number of halogens is 2. The van der Waals surface area contributed by atoms with E-state index in [1.54, 1.807) is 45.2 Å².